The van der Waals surface area contributed by atoms with E-state index in [0.717, 1.165) is 11.1 Å². The molecule has 0 amide bonds. The molecule has 0 fully saturated rings. The molecule has 28 heavy (non-hydrogen) atoms. The number of nitrogens with zero attached hydrogens (tertiary/aromatic N) is 2. The molecule has 2 N–H and O–H groups in total. The van der Waals surface area contributed by atoms with Gasteiger partial charge in [0.1, 0.15) is 0 Å². The van der Waals surface area contributed by atoms with Crippen LogP contribution >= 0.6 is 11.6 Å². The van der Waals surface area contributed by atoms with Crippen LogP contribution in [0.25, 0.3) is 22.0 Å². The van der Waals surface area contributed by atoms with Crippen molar-refractivity contribution >= 4 is 38.2 Å². The Morgan fingerprint density at radius 2 is 1.82 bits per heavy atom. The zero-order chi connectivity index (χ0) is 19.9. The van der Waals surface area contributed by atoms with Gasteiger partial charge in [-0.2, -0.15) is 0 Å². The van der Waals surface area contributed by atoms with Gasteiger partial charge >= 0.3 is 0 Å². The van der Waals surface area contributed by atoms with Gasteiger partial charge in [-0.25, -0.2) is 13.4 Å². The van der Waals surface area contributed by atoms with Gasteiger partial charge in [-0.05, 0) is 35.9 Å². The smallest absolute Gasteiger partial charge is 0.271 e. The van der Waals surface area contributed by atoms with Crippen LogP contribution in [0.1, 0.15) is 0 Å². The van der Waals surface area contributed by atoms with Gasteiger partial charge in [0.05, 0.1) is 21.5 Å². The summed E-state index contributed by atoms with van der Waals surface area (Å²) >= 11 is 6.11. The number of aromatic nitrogens is 3. The van der Waals surface area contributed by atoms with Crippen LogP contribution in [0.2, 0.25) is 5.15 Å². The van der Waals surface area contributed by atoms with Gasteiger partial charge in [0.25, 0.3) is 15.6 Å². The molecule has 2 heterocycles. The Hall–Kier alpha value is -3.10. The highest BCUT2D eigenvalue weighted by molar-refractivity contribution is 7.92. The van der Waals surface area contributed by atoms with Crippen molar-refractivity contribution in [2.75, 3.05) is 4.72 Å². The van der Waals surface area contributed by atoms with Gasteiger partial charge < -0.3 is 0 Å². The van der Waals surface area contributed by atoms with E-state index in [-0.39, 0.29) is 21.3 Å². The fourth-order valence-corrected chi connectivity index (χ4v) is 4.22. The zero-order valence-electron chi connectivity index (χ0n) is 14.7. The van der Waals surface area contributed by atoms with E-state index in [2.05, 4.69) is 14.8 Å². The third-order valence-electron chi connectivity index (χ3n) is 4.34. The molecule has 0 saturated carbocycles. The number of fused-ring (bicyclic) bond motifs is 1. The number of anilines is 1. The first-order valence-electron chi connectivity index (χ1n) is 8.28. The number of hydrogen-bond donors (Lipinski definition) is 2. The maximum atomic E-state index is 12.6. The second-order valence-electron chi connectivity index (χ2n) is 6.21. The van der Waals surface area contributed by atoms with E-state index in [1.165, 1.54) is 12.1 Å². The summed E-state index contributed by atoms with van der Waals surface area (Å²) < 4.78 is 29.3. The second kappa shape index (κ2) is 6.81. The van der Waals surface area contributed by atoms with Crippen LogP contribution in [-0.2, 0) is 17.1 Å². The lowest BCUT2D eigenvalue weighted by atomic mass is 10.1. The van der Waals surface area contributed by atoms with Gasteiger partial charge in [-0.1, -0.05) is 35.9 Å². The highest BCUT2D eigenvalue weighted by Crippen LogP contribution is 2.29. The Labute approximate surface area is 165 Å². The third kappa shape index (κ3) is 3.28. The second-order valence-corrected chi connectivity index (χ2v) is 8.25. The molecule has 0 radical (unpaired) electrons. The Kier molecular flexibility index (Phi) is 4.44. The SMILES string of the molecule is Cn1[nH]c(=O)c2ccc(-c3cnc(Cl)c(NS(=O)(=O)c4ccccc4)c3)cc21. The molecule has 0 aliphatic rings. The standard InChI is InChI=1S/C19H15ClN4O3S/c1-24-17-10-12(7-8-15(17)19(25)22-24)13-9-16(18(20)21-11-13)23-28(26,27)14-5-3-2-4-6-14/h2-11,23H,1H3,(H,22,25). The fraction of sp³-hybridized carbons (Fsp3) is 0.0526. The number of aryl methyl sites for hydroxylation is 1. The van der Waals surface area contributed by atoms with Crippen LogP contribution in [0.15, 0.2) is 70.5 Å². The Bertz CT molecular complexity index is 1340. The van der Waals surface area contributed by atoms with E-state index in [1.54, 1.807) is 54.3 Å². The minimum absolute atomic E-state index is 0.0402. The summed E-state index contributed by atoms with van der Waals surface area (Å²) in [5.41, 5.74) is 2.15. The first-order chi connectivity index (χ1) is 13.3. The molecule has 0 saturated heterocycles. The van der Waals surface area contributed by atoms with Crippen molar-refractivity contribution < 1.29 is 8.42 Å². The summed E-state index contributed by atoms with van der Waals surface area (Å²) in [6.07, 6.45) is 1.55. The molecule has 0 spiro atoms. The van der Waals surface area contributed by atoms with E-state index < -0.39 is 10.0 Å². The molecule has 142 valence electrons. The van der Waals surface area contributed by atoms with Crippen LogP contribution in [0.3, 0.4) is 0 Å². The van der Waals surface area contributed by atoms with E-state index in [4.69, 9.17) is 11.6 Å². The third-order valence-corrected chi connectivity index (χ3v) is 6.03. The average molecular weight is 415 g/mol. The number of benzene rings is 2. The predicted octanol–water partition coefficient (Wildman–Crippen LogP) is 3.38. The van der Waals surface area contributed by atoms with Crippen LogP contribution in [-0.4, -0.2) is 23.2 Å². The van der Waals surface area contributed by atoms with E-state index in [0.29, 0.717) is 10.9 Å². The Morgan fingerprint density at radius 3 is 2.57 bits per heavy atom. The number of hydrogen-bond acceptors (Lipinski definition) is 4. The average Bonchev–Trinajstić information content (AvgIpc) is 2.97. The van der Waals surface area contributed by atoms with E-state index in [1.807, 2.05) is 6.07 Å². The van der Waals surface area contributed by atoms with Crippen molar-refractivity contribution in [3.63, 3.8) is 0 Å². The van der Waals surface area contributed by atoms with Crippen molar-refractivity contribution in [1.82, 2.24) is 14.8 Å². The van der Waals surface area contributed by atoms with Crippen LogP contribution in [0, 0.1) is 0 Å². The van der Waals surface area contributed by atoms with Crippen LogP contribution in [0.4, 0.5) is 5.69 Å². The van der Waals surface area contributed by atoms with Gasteiger partial charge in [-0.3, -0.25) is 19.3 Å². The fourth-order valence-electron chi connectivity index (χ4n) is 2.93. The largest absolute Gasteiger partial charge is 0.288 e. The molecule has 2 aromatic carbocycles. The minimum atomic E-state index is -3.80. The molecule has 0 bridgehead atoms. The van der Waals surface area contributed by atoms with Gasteiger partial charge in [0.2, 0.25) is 0 Å². The number of rotatable bonds is 4. The summed E-state index contributed by atoms with van der Waals surface area (Å²) in [6.45, 7) is 0. The maximum absolute atomic E-state index is 12.6. The van der Waals surface area contributed by atoms with Crippen LogP contribution < -0.4 is 10.3 Å². The van der Waals surface area contributed by atoms with Crippen molar-refractivity contribution in [1.29, 1.82) is 0 Å². The molecule has 4 rings (SSSR count). The monoisotopic (exact) mass is 414 g/mol. The quantitative estimate of drug-likeness (QED) is 0.500. The number of nitrogens with one attached hydrogen (secondary N) is 2. The maximum Gasteiger partial charge on any atom is 0.271 e. The molecule has 0 unspecified atom stereocenters. The molecule has 0 aliphatic heterocycles. The summed E-state index contributed by atoms with van der Waals surface area (Å²) in [5, 5.41) is 3.30. The van der Waals surface area contributed by atoms with Crippen molar-refractivity contribution in [3.05, 3.63) is 76.3 Å². The number of pyridine rings is 1. The van der Waals surface area contributed by atoms with Crippen LogP contribution in [0.5, 0.6) is 0 Å². The number of aromatic amines is 1. The van der Waals surface area contributed by atoms with Gasteiger partial charge in [0.15, 0.2) is 5.15 Å². The first kappa shape index (κ1) is 18.3. The lowest BCUT2D eigenvalue weighted by molar-refractivity contribution is 0.601. The molecule has 7 nitrogen and oxygen atoms in total. The van der Waals surface area contributed by atoms with E-state index in [9.17, 15) is 13.2 Å². The normalized spacial score (nSPS) is 11.6. The molecule has 0 aliphatic carbocycles. The lowest BCUT2D eigenvalue weighted by Gasteiger charge is -2.11. The van der Waals surface area contributed by atoms with Crippen molar-refractivity contribution in [2.45, 2.75) is 4.90 Å². The van der Waals surface area contributed by atoms with E-state index >= 15 is 0 Å². The summed E-state index contributed by atoms with van der Waals surface area (Å²) in [7, 11) is -2.05. The lowest BCUT2D eigenvalue weighted by Crippen LogP contribution is -2.13. The molecular formula is C19H15ClN4O3S. The highest BCUT2D eigenvalue weighted by Gasteiger charge is 2.17. The Morgan fingerprint density at radius 1 is 1.07 bits per heavy atom. The number of halogens is 1. The van der Waals surface area contributed by atoms with Crippen molar-refractivity contribution in [3.8, 4) is 11.1 Å². The predicted molar refractivity (Wildman–Crippen MR) is 109 cm³/mol. The molecule has 9 heteroatoms. The number of H-pyrrole nitrogens is 1. The number of sulfonamides is 1. The van der Waals surface area contributed by atoms with Gasteiger partial charge in [-0.15, -0.1) is 0 Å². The summed E-state index contributed by atoms with van der Waals surface area (Å²) in [6, 6.07) is 14.9. The Balaban J connectivity index is 1.75. The molecule has 4 aromatic rings. The first-order valence-corrected chi connectivity index (χ1v) is 10.1. The summed E-state index contributed by atoms with van der Waals surface area (Å²) in [4.78, 5) is 16.1. The minimum Gasteiger partial charge on any atom is -0.288 e. The topological polar surface area (TPSA) is 96.8 Å². The zero-order valence-corrected chi connectivity index (χ0v) is 16.3. The summed E-state index contributed by atoms with van der Waals surface area (Å²) in [5.74, 6) is 0. The molecule has 0 atom stereocenters. The molecule has 2 aromatic heterocycles. The van der Waals surface area contributed by atoms with Crippen molar-refractivity contribution in [2.24, 2.45) is 7.05 Å². The highest BCUT2D eigenvalue weighted by atomic mass is 35.5. The van der Waals surface area contributed by atoms with Gasteiger partial charge in [0, 0.05) is 18.8 Å². The molecular weight excluding hydrogens is 400 g/mol.